The summed E-state index contributed by atoms with van der Waals surface area (Å²) in [6, 6.07) is 17.8. The maximum atomic E-state index is 12.9. The monoisotopic (exact) mass is 447 g/mol. The van der Waals surface area contributed by atoms with Gasteiger partial charge in [0.05, 0.1) is 11.6 Å². The Hall–Kier alpha value is -3.71. The molecule has 0 radical (unpaired) electrons. The van der Waals surface area contributed by atoms with E-state index in [1.807, 2.05) is 30.3 Å². The minimum absolute atomic E-state index is 0.0591. The lowest BCUT2D eigenvalue weighted by Crippen LogP contribution is -2.33. The number of Topliss-reactive ketones (excluding diaryl/α,β-unsaturated/α-hetero) is 1. The quantitative estimate of drug-likeness (QED) is 0.482. The number of carbonyl (C=O) groups is 2. The number of nitrogens with zero attached hydrogens (tertiary/aromatic N) is 2. The highest BCUT2D eigenvalue weighted by Crippen LogP contribution is 2.16. The van der Waals surface area contributed by atoms with Crippen LogP contribution in [0.5, 0.6) is 0 Å². The van der Waals surface area contributed by atoms with Crippen LogP contribution in [0.2, 0.25) is 5.02 Å². The van der Waals surface area contributed by atoms with Crippen molar-refractivity contribution < 1.29 is 9.59 Å². The van der Waals surface area contributed by atoms with E-state index < -0.39 is 0 Å². The van der Waals surface area contributed by atoms with Crippen LogP contribution in [0.25, 0.3) is 0 Å². The molecule has 0 aliphatic carbocycles. The summed E-state index contributed by atoms with van der Waals surface area (Å²) in [6.45, 7) is 2.26. The van der Waals surface area contributed by atoms with Crippen molar-refractivity contribution in [2.24, 2.45) is 4.99 Å². The molecule has 8 heteroatoms. The largest absolute Gasteiger partial charge is 0.355 e. The zero-order chi connectivity index (χ0) is 22.3. The Morgan fingerprint density at radius 2 is 1.84 bits per heavy atom. The predicted octanol–water partition coefficient (Wildman–Crippen LogP) is 3.46. The van der Waals surface area contributed by atoms with Gasteiger partial charge in [0, 0.05) is 36.8 Å². The Morgan fingerprint density at radius 1 is 1.03 bits per heavy atom. The molecule has 0 saturated heterocycles. The second kappa shape index (κ2) is 10.1. The summed E-state index contributed by atoms with van der Waals surface area (Å²) in [5, 5.41) is 9.61. The number of carbonyl (C=O) groups excluding carboxylic acids is 2. The van der Waals surface area contributed by atoms with Crippen LogP contribution in [0.4, 0.5) is 5.82 Å². The fourth-order valence-corrected chi connectivity index (χ4v) is 3.43. The normalized spacial score (nSPS) is 12.6. The zero-order valence-electron chi connectivity index (χ0n) is 17.3. The molecule has 1 aliphatic rings. The Kier molecular flexibility index (Phi) is 6.77. The lowest BCUT2D eigenvalue weighted by Gasteiger charge is -2.10. The summed E-state index contributed by atoms with van der Waals surface area (Å²) in [5.41, 5.74) is 2.73. The first-order valence-corrected chi connectivity index (χ1v) is 10.6. The van der Waals surface area contributed by atoms with E-state index in [0.717, 1.165) is 24.6 Å². The van der Waals surface area contributed by atoms with Crippen molar-refractivity contribution in [1.82, 2.24) is 15.6 Å². The number of benzene rings is 2. The molecule has 2 aromatic carbocycles. The van der Waals surface area contributed by atoms with Crippen LogP contribution in [0.1, 0.15) is 31.8 Å². The second-order valence-electron chi connectivity index (χ2n) is 7.28. The Labute approximate surface area is 190 Å². The van der Waals surface area contributed by atoms with Gasteiger partial charge in [0.15, 0.2) is 11.7 Å². The van der Waals surface area contributed by atoms with Crippen LogP contribution in [0.3, 0.4) is 0 Å². The molecule has 7 nitrogen and oxygen atoms in total. The Balaban J connectivity index is 1.40. The van der Waals surface area contributed by atoms with Crippen molar-refractivity contribution in [2.75, 3.05) is 18.4 Å². The molecule has 2 heterocycles. The fraction of sp³-hybridized carbons (Fsp3) is 0.167. The summed E-state index contributed by atoms with van der Waals surface area (Å²) >= 11 is 5.84. The number of hydrogen-bond donors (Lipinski definition) is 3. The van der Waals surface area contributed by atoms with Crippen molar-refractivity contribution in [2.45, 2.75) is 13.0 Å². The average molecular weight is 448 g/mol. The lowest BCUT2D eigenvalue weighted by atomic mass is 9.97. The summed E-state index contributed by atoms with van der Waals surface area (Å²) in [6.07, 6.45) is 1.58. The van der Waals surface area contributed by atoms with Crippen molar-refractivity contribution in [3.8, 4) is 0 Å². The van der Waals surface area contributed by atoms with Crippen LogP contribution in [-0.2, 0) is 13.0 Å². The first-order chi connectivity index (χ1) is 15.6. The summed E-state index contributed by atoms with van der Waals surface area (Å²) in [7, 11) is 0. The molecule has 1 aromatic heterocycles. The third-order valence-electron chi connectivity index (χ3n) is 4.99. The van der Waals surface area contributed by atoms with Crippen LogP contribution >= 0.6 is 11.6 Å². The minimum atomic E-state index is -0.326. The molecule has 1 amide bonds. The van der Waals surface area contributed by atoms with Gasteiger partial charge in [0.25, 0.3) is 5.91 Å². The van der Waals surface area contributed by atoms with Crippen molar-refractivity contribution in [3.63, 3.8) is 0 Å². The second-order valence-corrected chi connectivity index (χ2v) is 7.72. The molecular weight excluding hydrogens is 426 g/mol. The SMILES string of the molecule is O=C(Cc1ccccc1C(=O)Nc1ccc(Cl)cn1)c1ccc(CNC2=NCCN2)cc1. The number of nitrogens with one attached hydrogen (secondary N) is 3. The standard InChI is InChI=1S/C24H22ClN5O2/c25-19-9-10-22(28-15-19)30-23(32)20-4-2-1-3-18(20)13-21(31)17-7-5-16(6-8-17)14-29-24-26-11-12-27-24/h1-10,15H,11-14H2,(H2,26,27,29)(H,28,30,32). The maximum absolute atomic E-state index is 12.9. The Morgan fingerprint density at radius 3 is 2.56 bits per heavy atom. The maximum Gasteiger partial charge on any atom is 0.257 e. The molecule has 4 rings (SSSR count). The van der Waals surface area contributed by atoms with Crippen molar-refractivity contribution in [1.29, 1.82) is 0 Å². The van der Waals surface area contributed by atoms with Crippen LogP contribution in [0.15, 0.2) is 71.9 Å². The summed E-state index contributed by atoms with van der Waals surface area (Å²) < 4.78 is 0. The van der Waals surface area contributed by atoms with Crippen LogP contribution in [0, 0.1) is 0 Å². The van der Waals surface area contributed by atoms with Gasteiger partial charge in [-0.2, -0.15) is 0 Å². The highest BCUT2D eigenvalue weighted by atomic mass is 35.5. The van der Waals surface area contributed by atoms with Gasteiger partial charge < -0.3 is 16.0 Å². The van der Waals surface area contributed by atoms with Gasteiger partial charge in [-0.05, 0) is 29.3 Å². The van der Waals surface area contributed by atoms with Crippen LogP contribution < -0.4 is 16.0 Å². The Bertz CT molecular complexity index is 1140. The van der Waals surface area contributed by atoms with Crippen molar-refractivity contribution in [3.05, 3.63) is 94.1 Å². The summed E-state index contributed by atoms with van der Waals surface area (Å²) in [4.78, 5) is 34.0. The van der Waals surface area contributed by atoms with Gasteiger partial charge >= 0.3 is 0 Å². The molecule has 0 atom stereocenters. The van der Waals surface area contributed by atoms with Gasteiger partial charge in [-0.3, -0.25) is 14.6 Å². The molecule has 0 bridgehead atoms. The minimum Gasteiger partial charge on any atom is -0.355 e. The van der Waals surface area contributed by atoms with E-state index in [9.17, 15) is 9.59 Å². The highest BCUT2D eigenvalue weighted by molar-refractivity contribution is 6.30. The molecular formula is C24H22ClN5O2. The fourth-order valence-electron chi connectivity index (χ4n) is 3.32. The van der Waals surface area contributed by atoms with E-state index in [2.05, 4.69) is 25.9 Å². The number of aliphatic imine (C=N–C) groups is 1. The van der Waals surface area contributed by atoms with Gasteiger partial charge in [-0.1, -0.05) is 54.1 Å². The molecule has 3 aromatic rings. The van der Waals surface area contributed by atoms with E-state index >= 15 is 0 Å². The third kappa shape index (κ3) is 5.50. The zero-order valence-corrected chi connectivity index (χ0v) is 18.0. The molecule has 162 valence electrons. The van der Waals surface area contributed by atoms with E-state index in [4.69, 9.17) is 11.6 Å². The van der Waals surface area contributed by atoms with Crippen LogP contribution in [-0.4, -0.2) is 35.7 Å². The van der Waals surface area contributed by atoms with Gasteiger partial charge in [0.2, 0.25) is 0 Å². The van der Waals surface area contributed by atoms with Gasteiger partial charge in [-0.25, -0.2) is 4.98 Å². The number of rotatable bonds is 7. The van der Waals surface area contributed by atoms with E-state index in [-0.39, 0.29) is 18.1 Å². The molecule has 0 spiro atoms. The first-order valence-electron chi connectivity index (χ1n) is 10.2. The molecule has 3 N–H and O–H groups in total. The molecule has 32 heavy (non-hydrogen) atoms. The molecule has 0 unspecified atom stereocenters. The van der Waals surface area contributed by atoms with E-state index in [1.165, 1.54) is 6.20 Å². The first kappa shape index (κ1) is 21.5. The average Bonchev–Trinajstić information content (AvgIpc) is 3.33. The smallest absolute Gasteiger partial charge is 0.257 e. The number of pyridine rings is 1. The number of aromatic nitrogens is 1. The number of ketones is 1. The number of amides is 1. The van der Waals surface area contributed by atoms with Gasteiger partial charge in [-0.15, -0.1) is 0 Å². The van der Waals surface area contributed by atoms with Gasteiger partial charge in [0.1, 0.15) is 5.82 Å². The molecule has 0 saturated carbocycles. The number of anilines is 1. The summed E-state index contributed by atoms with van der Waals surface area (Å²) in [5.74, 6) is 0.807. The number of hydrogen-bond acceptors (Lipinski definition) is 6. The van der Waals surface area contributed by atoms with E-state index in [1.54, 1.807) is 30.3 Å². The molecule has 0 fully saturated rings. The molecule has 1 aliphatic heterocycles. The predicted molar refractivity (Wildman–Crippen MR) is 125 cm³/mol. The van der Waals surface area contributed by atoms with E-state index in [0.29, 0.717) is 34.1 Å². The van der Waals surface area contributed by atoms with Crippen molar-refractivity contribution >= 4 is 35.1 Å². The highest BCUT2D eigenvalue weighted by Gasteiger charge is 2.15. The number of guanidine groups is 1. The lowest BCUT2D eigenvalue weighted by molar-refractivity contribution is 0.0992. The third-order valence-corrected chi connectivity index (χ3v) is 5.22. The topological polar surface area (TPSA) is 95.5 Å². The number of halogens is 1.